The first-order chi connectivity index (χ1) is 10.1. The van der Waals surface area contributed by atoms with Gasteiger partial charge >= 0.3 is 0 Å². The van der Waals surface area contributed by atoms with Crippen LogP contribution in [0.4, 0.5) is 5.69 Å². The van der Waals surface area contributed by atoms with Crippen LogP contribution in [-0.2, 0) is 0 Å². The molecule has 1 aliphatic heterocycles. The third kappa shape index (κ3) is 4.45. The molecule has 0 aromatic heterocycles. The van der Waals surface area contributed by atoms with E-state index in [9.17, 15) is 5.11 Å². The Morgan fingerprint density at radius 1 is 1.29 bits per heavy atom. The number of hydrogen-bond acceptors (Lipinski definition) is 3. The number of piperidine rings is 1. The fourth-order valence-electron chi connectivity index (χ4n) is 3.17. The number of nitrogens with zero attached hydrogens (tertiary/aromatic N) is 1. The summed E-state index contributed by atoms with van der Waals surface area (Å²) in [6.45, 7) is 9.21. The van der Waals surface area contributed by atoms with Gasteiger partial charge in [0.05, 0.1) is 5.60 Å². The zero-order chi connectivity index (χ0) is 15.3. The van der Waals surface area contributed by atoms with Gasteiger partial charge in [0.2, 0.25) is 0 Å². The second kappa shape index (κ2) is 7.28. The van der Waals surface area contributed by atoms with Crippen molar-refractivity contribution in [3.63, 3.8) is 0 Å². The molecule has 1 heterocycles. The molecule has 0 spiro atoms. The number of aliphatic hydroxyl groups is 1. The van der Waals surface area contributed by atoms with Gasteiger partial charge in [-0.25, -0.2) is 0 Å². The third-order valence-corrected chi connectivity index (χ3v) is 4.38. The van der Waals surface area contributed by atoms with Crippen LogP contribution in [0, 0.1) is 0 Å². The molecular formula is C18H30N2O. The van der Waals surface area contributed by atoms with E-state index in [1.165, 1.54) is 11.3 Å². The summed E-state index contributed by atoms with van der Waals surface area (Å²) in [5.41, 5.74) is 2.04. The lowest BCUT2D eigenvalue weighted by atomic mass is 9.94. The lowest BCUT2D eigenvalue weighted by molar-refractivity contribution is 0.0449. The summed E-state index contributed by atoms with van der Waals surface area (Å²) in [6.07, 6.45) is 4.24. The van der Waals surface area contributed by atoms with Crippen LogP contribution in [0.25, 0.3) is 0 Å². The molecule has 1 aromatic rings. The van der Waals surface area contributed by atoms with Crippen LogP contribution in [-0.4, -0.2) is 30.3 Å². The summed E-state index contributed by atoms with van der Waals surface area (Å²) in [6, 6.07) is 9.31. The second-order valence-electron chi connectivity index (χ2n) is 6.53. The first-order valence-corrected chi connectivity index (χ1v) is 8.36. The Balaban J connectivity index is 2.04. The Hall–Kier alpha value is -1.06. The number of benzene rings is 1. The largest absolute Gasteiger partial charge is 0.388 e. The van der Waals surface area contributed by atoms with Crippen LogP contribution in [0.3, 0.4) is 0 Å². The van der Waals surface area contributed by atoms with Gasteiger partial charge in [-0.3, -0.25) is 0 Å². The minimum atomic E-state index is -0.550. The minimum Gasteiger partial charge on any atom is -0.388 e. The number of nitrogens with one attached hydrogen (secondary N) is 1. The molecule has 1 aromatic carbocycles. The Bertz CT molecular complexity index is 427. The summed E-state index contributed by atoms with van der Waals surface area (Å²) in [7, 11) is 0. The van der Waals surface area contributed by atoms with E-state index in [1.807, 2.05) is 6.92 Å². The minimum absolute atomic E-state index is 0.448. The molecule has 3 heteroatoms. The van der Waals surface area contributed by atoms with Gasteiger partial charge in [0.1, 0.15) is 0 Å². The van der Waals surface area contributed by atoms with E-state index in [2.05, 4.69) is 48.3 Å². The zero-order valence-electron chi connectivity index (χ0n) is 13.7. The van der Waals surface area contributed by atoms with Gasteiger partial charge in [-0.2, -0.15) is 0 Å². The highest BCUT2D eigenvalue weighted by Crippen LogP contribution is 2.27. The average molecular weight is 290 g/mol. The molecule has 1 aliphatic rings. The maximum atomic E-state index is 10.2. The van der Waals surface area contributed by atoms with Gasteiger partial charge in [-0.1, -0.05) is 26.0 Å². The van der Waals surface area contributed by atoms with E-state index >= 15 is 0 Å². The standard InChI is InChI=1S/C18H30N2O/c1-4-12-19-17(5-2)15-7-9-16(10-8-15)20-13-6-11-18(3,21)14-20/h7-10,17,19,21H,4-6,11-14H2,1-3H3. The number of β-amino-alcohol motifs (C(OH)–C–C–N with tert-alkyl or cyclic N) is 1. The van der Waals surface area contributed by atoms with Crippen molar-refractivity contribution in [2.24, 2.45) is 0 Å². The molecule has 2 unspecified atom stereocenters. The molecule has 2 N–H and O–H groups in total. The average Bonchev–Trinajstić information content (AvgIpc) is 2.47. The highest BCUT2D eigenvalue weighted by Gasteiger charge is 2.28. The van der Waals surface area contributed by atoms with E-state index in [1.54, 1.807) is 0 Å². The maximum absolute atomic E-state index is 10.2. The molecule has 1 fully saturated rings. The van der Waals surface area contributed by atoms with Crippen molar-refractivity contribution in [3.05, 3.63) is 29.8 Å². The second-order valence-corrected chi connectivity index (χ2v) is 6.53. The Morgan fingerprint density at radius 3 is 2.57 bits per heavy atom. The quantitative estimate of drug-likeness (QED) is 0.842. The molecule has 0 radical (unpaired) electrons. The topological polar surface area (TPSA) is 35.5 Å². The summed E-state index contributed by atoms with van der Waals surface area (Å²) in [5, 5.41) is 13.8. The van der Waals surface area contributed by atoms with Gasteiger partial charge in [0.15, 0.2) is 0 Å². The lowest BCUT2D eigenvalue weighted by Gasteiger charge is -2.38. The van der Waals surface area contributed by atoms with Gasteiger partial charge in [0, 0.05) is 24.8 Å². The highest BCUT2D eigenvalue weighted by molar-refractivity contribution is 5.49. The van der Waals surface area contributed by atoms with E-state index in [0.717, 1.165) is 45.3 Å². The molecule has 118 valence electrons. The van der Waals surface area contributed by atoms with E-state index < -0.39 is 5.60 Å². The molecule has 0 bridgehead atoms. The number of rotatable bonds is 6. The fraction of sp³-hybridized carbons (Fsp3) is 0.667. The van der Waals surface area contributed by atoms with Crippen LogP contribution in [0.2, 0.25) is 0 Å². The zero-order valence-corrected chi connectivity index (χ0v) is 13.7. The van der Waals surface area contributed by atoms with Crippen molar-refractivity contribution in [2.45, 2.75) is 58.1 Å². The Labute approximate surface area is 129 Å². The number of anilines is 1. The van der Waals surface area contributed by atoms with Crippen LogP contribution < -0.4 is 10.2 Å². The predicted molar refractivity (Wildman–Crippen MR) is 89.8 cm³/mol. The van der Waals surface area contributed by atoms with Crippen molar-refractivity contribution < 1.29 is 5.11 Å². The molecule has 0 aliphatic carbocycles. The van der Waals surface area contributed by atoms with E-state index in [-0.39, 0.29) is 0 Å². The molecule has 2 rings (SSSR count). The molecule has 1 saturated heterocycles. The van der Waals surface area contributed by atoms with Crippen molar-refractivity contribution in [1.82, 2.24) is 5.32 Å². The molecule has 3 nitrogen and oxygen atoms in total. The normalized spacial score (nSPS) is 24.1. The van der Waals surface area contributed by atoms with E-state index in [0.29, 0.717) is 6.04 Å². The van der Waals surface area contributed by atoms with Crippen LogP contribution in [0.1, 0.15) is 58.1 Å². The van der Waals surface area contributed by atoms with Crippen LogP contribution >= 0.6 is 0 Å². The molecule has 0 saturated carbocycles. The number of hydrogen-bond donors (Lipinski definition) is 2. The Morgan fingerprint density at radius 2 is 2.00 bits per heavy atom. The molecule has 0 amide bonds. The van der Waals surface area contributed by atoms with Crippen molar-refractivity contribution in [3.8, 4) is 0 Å². The van der Waals surface area contributed by atoms with Gasteiger partial charge in [0.25, 0.3) is 0 Å². The summed E-state index contributed by atoms with van der Waals surface area (Å²) in [5.74, 6) is 0. The Kier molecular flexibility index (Phi) is 5.65. The van der Waals surface area contributed by atoms with Gasteiger partial charge in [-0.05, 0) is 56.8 Å². The lowest BCUT2D eigenvalue weighted by Crippen LogP contribution is -2.46. The molecule has 2 atom stereocenters. The third-order valence-electron chi connectivity index (χ3n) is 4.38. The summed E-state index contributed by atoms with van der Waals surface area (Å²) < 4.78 is 0. The highest BCUT2D eigenvalue weighted by atomic mass is 16.3. The first kappa shape index (κ1) is 16.3. The SMILES string of the molecule is CCCNC(CC)c1ccc(N2CCCC(C)(O)C2)cc1. The fourth-order valence-corrected chi connectivity index (χ4v) is 3.17. The van der Waals surface area contributed by atoms with E-state index in [4.69, 9.17) is 0 Å². The van der Waals surface area contributed by atoms with Gasteiger partial charge < -0.3 is 15.3 Å². The summed E-state index contributed by atoms with van der Waals surface area (Å²) in [4.78, 5) is 2.30. The van der Waals surface area contributed by atoms with Crippen LogP contribution in [0.5, 0.6) is 0 Å². The van der Waals surface area contributed by atoms with Gasteiger partial charge in [-0.15, -0.1) is 0 Å². The van der Waals surface area contributed by atoms with Crippen molar-refractivity contribution in [2.75, 3.05) is 24.5 Å². The molecule has 21 heavy (non-hydrogen) atoms. The predicted octanol–water partition coefficient (Wildman–Crippen LogP) is 3.49. The monoisotopic (exact) mass is 290 g/mol. The maximum Gasteiger partial charge on any atom is 0.0794 e. The first-order valence-electron chi connectivity index (χ1n) is 8.36. The van der Waals surface area contributed by atoms with Crippen LogP contribution in [0.15, 0.2) is 24.3 Å². The van der Waals surface area contributed by atoms with Crippen molar-refractivity contribution >= 4 is 5.69 Å². The summed E-state index contributed by atoms with van der Waals surface area (Å²) >= 11 is 0. The molecular weight excluding hydrogens is 260 g/mol. The van der Waals surface area contributed by atoms with Crippen molar-refractivity contribution in [1.29, 1.82) is 0 Å². The smallest absolute Gasteiger partial charge is 0.0794 e.